The Labute approximate surface area is 118 Å². The van der Waals surface area contributed by atoms with E-state index in [2.05, 4.69) is 34.1 Å². The molecule has 4 heteroatoms. The van der Waals surface area contributed by atoms with E-state index in [9.17, 15) is 0 Å². The normalized spacial score (nSPS) is 10.4. The molecule has 0 aliphatic carbocycles. The SMILES string of the molecule is CCCc1ccc(N=Cc2ccc(N=[N+]=[N-])cc2)cc1. The molecule has 0 aromatic heterocycles. The second-order valence-electron chi connectivity index (χ2n) is 4.46. The zero-order chi connectivity index (χ0) is 14.2. The second-order valence-corrected chi connectivity index (χ2v) is 4.46. The minimum atomic E-state index is 0.605. The molecule has 0 N–H and O–H groups in total. The van der Waals surface area contributed by atoms with Crippen molar-refractivity contribution in [1.29, 1.82) is 0 Å². The summed E-state index contributed by atoms with van der Waals surface area (Å²) in [7, 11) is 0. The van der Waals surface area contributed by atoms with E-state index in [-0.39, 0.29) is 0 Å². The zero-order valence-corrected chi connectivity index (χ0v) is 11.4. The van der Waals surface area contributed by atoms with Crippen LogP contribution in [-0.4, -0.2) is 6.21 Å². The number of azide groups is 1. The van der Waals surface area contributed by atoms with Crippen molar-refractivity contribution in [2.75, 3.05) is 0 Å². The number of hydrogen-bond donors (Lipinski definition) is 0. The van der Waals surface area contributed by atoms with E-state index >= 15 is 0 Å². The smallest absolute Gasteiger partial charge is 0.0630 e. The van der Waals surface area contributed by atoms with Gasteiger partial charge in [-0.05, 0) is 35.2 Å². The van der Waals surface area contributed by atoms with Gasteiger partial charge in [0.05, 0.1) is 5.69 Å². The van der Waals surface area contributed by atoms with Gasteiger partial charge in [0.1, 0.15) is 0 Å². The highest BCUT2D eigenvalue weighted by Gasteiger charge is 1.93. The Morgan fingerprint density at radius 3 is 2.25 bits per heavy atom. The van der Waals surface area contributed by atoms with Gasteiger partial charge < -0.3 is 0 Å². The van der Waals surface area contributed by atoms with Gasteiger partial charge in [-0.2, -0.15) is 0 Å². The molecule has 0 aliphatic heterocycles. The van der Waals surface area contributed by atoms with Gasteiger partial charge in [-0.25, -0.2) is 0 Å². The van der Waals surface area contributed by atoms with Crippen LogP contribution in [0.4, 0.5) is 11.4 Å². The third kappa shape index (κ3) is 3.97. The first kappa shape index (κ1) is 13.8. The first-order valence-electron chi connectivity index (χ1n) is 6.60. The lowest BCUT2D eigenvalue weighted by molar-refractivity contribution is 0.922. The van der Waals surface area contributed by atoms with E-state index in [1.165, 1.54) is 5.56 Å². The van der Waals surface area contributed by atoms with Crippen molar-refractivity contribution in [3.8, 4) is 0 Å². The Kier molecular flexibility index (Phi) is 4.93. The maximum atomic E-state index is 8.33. The summed E-state index contributed by atoms with van der Waals surface area (Å²) in [6.45, 7) is 2.17. The molecule has 100 valence electrons. The molecule has 0 atom stereocenters. The number of aryl methyl sites for hydroxylation is 1. The van der Waals surface area contributed by atoms with E-state index < -0.39 is 0 Å². The molecule has 0 spiro atoms. The van der Waals surface area contributed by atoms with Crippen LogP contribution in [0.2, 0.25) is 0 Å². The largest absolute Gasteiger partial charge is 0.256 e. The van der Waals surface area contributed by atoms with Gasteiger partial charge in [0.25, 0.3) is 0 Å². The minimum absolute atomic E-state index is 0.605. The van der Waals surface area contributed by atoms with Crippen LogP contribution in [0.5, 0.6) is 0 Å². The zero-order valence-electron chi connectivity index (χ0n) is 11.4. The van der Waals surface area contributed by atoms with Crippen LogP contribution in [0.1, 0.15) is 24.5 Å². The monoisotopic (exact) mass is 264 g/mol. The van der Waals surface area contributed by atoms with Crippen LogP contribution in [-0.2, 0) is 6.42 Å². The summed E-state index contributed by atoms with van der Waals surface area (Å²) in [6.07, 6.45) is 4.06. The summed E-state index contributed by atoms with van der Waals surface area (Å²) in [5, 5.41) is 3.53. The Hall–Kier alpha value is -2.58. The van der Waals surface area contributed by atoms with Crippen molar-refractivity contribution in [2.45, 2.75) is 19.8 Å². The molecule has 0 bridgehead atoms. The van der Waals surface area contributed by atoms with Crippen molar-refractivity contribution in [3.63, 3.8) is 0 Å². The van der Waals surface area contributed by atoms with Gasteiger partial charge >= 0.3 is 0 Å². The molecule has 0 heterocycles. The van der Waals surface area contributed by atoms with Crippen molar-refractivity contribution in [2.24, 2.45) is 10.1 Å². The molecule has 4 nitrogen and oxygen atoms in total. The second kappa shape index (κ2) is 7.12. The van der Waals surface area contributed by atoms with Crippen molar-refractivity contribution >= 4 is 17.6 Å². The summed E-state index contributed by atoms with van der Waals surface area (Å²) >= 11 is 0. The highest BCUT2D eigenvalue weighted by atomic mass is 15.1. The van der Waals surface area contributed by atoms with Crippen LogP contribution in [0.3, 0.4) is 0 Å². The quantitative estimate of drug-likeness (QED) is 0.303. The standard InChI is InChI=1S/C16H16N4/c1-2-3-13-4-8-15(9-5-13)18-12-14-6-10-16(11-7-14)19-20-17/h4-12H,2-3H2,1H3. The summed E-state index contributed by atoms with van der Waals surface area (Å²) < 4.78 is 0. The van der Waals surface area contributed by atoms with Crippen LogP contribution >= 0.6 is 0 Å². The van der Waals surface area contributed by atoms with Gasteiger partial charge in [-0.1, -0.05) is 54.9 Å². The highest BCUT2D eigenvalue weighted by Crippen LogP contribution is 2.15. The van der Waals surface area contributed by atoms with E-state index in [1.54, 1.807) is 18.3 Å². The molecule has 20 heavy (non-hydrogen) atoms. The van der Waals surface area contributed by atoms with Gasteiger partial charge in [-0.15, -0.1) is 0 Å². The first-order valence-corrected chi connectivity index (χ1v) is 6.60. The number of benzene rings is 2. The molecular weight excluding hydrogens is 248 g/mol. The number of rotatable bonds is 5. The average molecular weight is 264 g/mol. The van der Waals surface area contributed by atoms with Crippen LogP contribution in [0.15, 0.2) is 58.6 Å². The fraction of sp³-hybridized carbons (Fsp3) is 0.188. The molecule has 0 saturated heterocycles. The molecule has 2 rings (SSSR count). The van der Waals surface area contributed by atoms with Crippen LogP contribution in [0.25, 0.3) is 10.4 Å². The Bertz CT molecular complexity index is 621. The van der Waals surface area contributed by atoms with Crippen molar-refractivity contribution in [1.82, 2.24) is 0 Å². The molecule has 2 aromatic rings. The Morgan fingerprint density at radius 1 is 1.00 bits per heavy atom. The van der Waals surface area contributed by atoms with E-state index in [4.69, 9.17) is 5.53 Å². The minimum Gasteiger partial charge on any atom is -0.256 e. The maximum absolute atomic E-state index is 8.33. The number of aliphatic imine (C=N–C) groups is 1. The predicted octanol–water partition coefficient (Wildman–Crippen LogP) is 5.33. The summed E-state index contributed by atoms with van der Waals surface area (Å²) in [5.74, 6) is 0. The summed E-state index contributed by atoms with van der Waals surface area (Å²) in [4.78, 5) is 7.17. The van der Waals surface area contributed by atoms with E-state index in [1.807, 2.05) is 24.3 Å². The lowest BCUT2D eigenvalue weighted by atomic mass is 10.1. The molecule has 0 unspecified atom stereocenters. The number of nitrogens with zero attached hydrogens (tertiary/aromatic N) is 4. The third-order valence-corrected chi connectivity index (χ3v) is 2.89. The molecule has 0 amide bonds. The first-order chi connectivity index (χ1) is 9.81. The average Bonchev–Trinajstić information content (AvgIpc) is 2.49. The summed E-state index contributed by atoms with van der Waals surface area (Å²) in [5.41, 5.74) is 12.2. The van der Waals surface area contributed by atoms with Crippen molar-refractivity contribution < 1.29 is 0 Å². The number of hydrogen-bond acceptors (Lipinski definition) is 2. The van der Waals surface area contributed by atoms with Gasteiger partial charge in [0.15, 0.2) is 0 Å². The topological polar surface area (TPSA) is 61.1 Å². The summed E-state index contributed by atoms with van der Waals surface area (Å²) in [6, 6.07) is 15.6. The third-order valence-electron chi connectivity index (χ3n) is 2.89. The molecule has 0 radical (unpaired) electrons. The Morgan fingerprint density at radius 2 is 1.65 bits per heavy atom. The molecule has 2 aromatic carbocycles. The fourth-order valence-electron chi connectivity index (χ4n) is 1.87. The molecule has 0 aliphatic rings. The van der Waals surface area contributed by atoms with E-state index in [0.717, 1.165) is 24.1 Å². The predicted molar refractivity (Wildman–Crippen MR) is 82.9 cm³/mol. The molecule has 0 saturated carbocycles. The van der Waals surface area contributed by atoms with Gasteiger partial charge in [-0.3, -0.25) is 4.99 Å². The van der Waals surface area contributed by atoms with Gasteiger partial charge in [0, 0.05) is 16.8 Å². The van der Waals surface area contributed by atoms with Crippen molar-refractivity contribution in [3.05, 3.63) is 70.1 Å². The van der Waals surface area contributed by atoms with Crippen LogP contribution in [0, 0.1) is 0 Å². The lowest BCUT2D eigenvalue weighted by Gasteiger charge is -1.99. The maximum Gasteiger partial charge on any atom is 0.0630 e. The lowest BCUT2D eigenvalue weighted by Crippen LogP contribution is -1.82. The fourth-order valence-corrected chi connectivity index (χ4v) is 1.87. The highest BCUT2D eigenvalue weighted by molar-refractivity contribution is 5.82. The van der Waals surface area contributed by atoms with Crippen LogP contribution < -0.4 is 0 Å². The Balaban J connectivity index is 2.06. The van der Waals surface area contributed by atoms with E-state index in [0.29, 0.717) is 5.69 Å². The molecular formula is C16H16N4. The van der Waals surface area contributed by atoms with Gasteiger partial charge in [0.2, 0.25) is 0 Å². The molecule has 0 fully saturated rings.